The summed E-state index contributed by atoms with van der Waals surface area (Å²) in [5, 5.41) is 3.40. The average Bonchev–Trinajstić information content (AvgIpc) is 2.73. The average molecular weight is 522 g/mol. The molecule has 0 saturated heterocycles. The van der Waals surface area contributed by atoms with E-state index in [9.17, 15) is 18.0 Å². The lowest BCUT2D eigenvalue weighted by molar-refractivity contribution is -0.141. The zero-order valence-electron chi connectivity index (χ0n) is 21.6. The fourth-order valence-electron chi connectivity index (χ4n) is 3.77. The van der Waals surface area contributed by atoms with Gasteiger partial charge in [0.1, 0.15) is 12.6 Å². The minimum absolute atomic E-state index is 0.0684. The number of hydrogen-bond acceptors (Lipinski definition) is 4. The van der Waals surface area contributed by atoms with Gasteiger partial charge in [-0.2, -0.15) is 0 Å². The fourth-order valence-corrected chi connectivity index (χ4v) is 4.86. The highest BCUT2D eigenvalue weighted by Crippen LogP contribution is 2.25. The molecule has 0 unspecified atom stereocenters. The Hall–Kier alpha value is -2.58. The van der Waals surface area contributed by atoms with Crippen LogP contribution in [0.5, 0.6) is 0 Å². The molecule has 0 bridgehead atoms. The van der Waals surface area contributed by atoms with Gasteiger partial charge in [0, 0.05) is 17.1 Å². The maximum atomic E-state index is 13.8. The molecule has 0 heterocycles. The summed E-state index contributed by atoms with van der Waals surface area (Å²) >= 11 is 6.37. The first-order valence-corrected chi connectivity index (χ1v) is 13.8. The molecule has 2 amide bonds. The third-order valence-electron chi connectivity index (χ3n) is 5.50. The number of sulfonamides is 1. The van der Waals surface area contributed by atoms with Gasteiger partial charge in [-0.15, -0.1) is 0 Å². The third kappa shape index (κ3) is 7.97. The molecule has 0 aliphatic carbocycles. The van der Waals surface area contributed by atoms with Gasteiger partial charge >= 0.3 is 0 Å². The molecule has 2 rings (SSSR count). The highest BCUT2D eigenvalue weighted by Gasteiger charge is 2.33. The van der Waals surface area contributed by atoms with E-state index in [2.05, 4.69) is 5.32 Å². The summed E-state index contributed by atoms with van der Waals surface area (Å²) in [6, 6.07) is 11.7. The predicted octanol–water partition coefficient (Wildman–Crippen LogP) is 4.44. The number of amides is 2. The van der Waals surface area contributed by atoms with Crippen molar-refractivity contribution >= 4 is 39.1 Å². The Bertz CT molecular complexity index is 1180. The quantitative estimate of drug-likeness (QED) is 0.528. The Labute approximate surface area is 214 Å². The van der Waals surface area contributed by atoms with E-state index in [0.29, 0.717) is 22.7 Å². The van der Waals surface area contributed by atoms with Crippen LogP contribution >= 0.6 is 11.6 Å². The van der Waals surface area contributed by atoms with Crippen molar-refractivity contribution in [3.63, 3.8) is 0 Å². The van der Waals surface area contributed by atoms with Crippen LogP contribution in [0, 0.1) is 13.8 Å². The SMILES string of the molecule is CC[C@@H](C(=O)NC(C)(C)C)N(Cc1ccccc1Cl)C(=O)CN(c1cc(C)ccc1C)S(C)(=O)=O. The third-order valence-corrected chi connectivity index (χ3v) is 6.99. The number of aryl methyl sites for hydroxylation is 2. The van der Waals surface area contributed by atoms with E-state index in [-0.39, 0.29) is 12.5 Å². The Morgan fingerprint density at radius 3 is 2.26 bits per heavy atom. The standard InChI is InChI=1S/C26H36ClN3O4S/c1-8-22(25(32)28-26(4,5)6)29(16-20-11-9-10-12-21(20)27)24(31)17-30(35(7,33)34)23-15-18(2)13-14-19(23)3/h9-15,22H,8,16-17H2,1-7H3,(H,28,32)/t22-/m0/s1. The van der Waals surface area contributed by atoms with Gasteiger partial charge in [-0.25, -0.2) is 8.42 Å². The van der Waals surface area contributed by atoms with Crippen molar-refractivity contribution in [3.05, 3.63) is 64.2 Å². The molecule has 9 heteroatoms. The lowest BCUT2D eigenvalue weighted by atomic mass is 10.1. The van der Waals surface area contributed by atoms with Crippen LogP contribution in [0.4, 0.5) is 5.69 Å². The van der Waals surface area contributed by atoms with Crippen molar-refractivity contribution < 1.29 is 18.0 Å². The second-order valence-corrected chi connectivity index (χ2v) is 12.1. The molecule has 0 aromatic heterocycles. The first kappa shape index (κ1) is 28.7. The van der Waals surface area contributed by atoms with Crippen LogP contribution in [0.1, 0.15) is 50.8 Å². The fraction of sp³-hybridized carbons (Fsp3) is 0.462. The molecule has 0 aliphatic rings. The minimum Gasteiger partial charge on any atom is -0.350 e. The van der Waals surface area contributed by atoms with E-state index in [1.54, 1.807) is 37.3 Å². The van der Waals surface area contributed by atoms with Gasteiger partial charge in [0.25, 0.3) is 0 Å². The summed E-state index contributed by atoms with van der Waals surface area (Å²) in [7, 11) is -3.79. The highest BCUT2D eigenvalue weighted by molar-refractivity contribution is 7.92. The van der Waals surface area contributed by atoms with Crippen LogP contribution in [-0.2, 0) is 26.2 Å². The normalized spacial score (nSPS) is 12.7. The molecule has 35 heavy (non-hydrogen) atoms. The highest BCUT2D eigenvalue weighted by atomic mass is 35.5. The van der Waals surface area contributed by atoms with Crippen molar-refractivity contribution in [1.29, 1.82) is 0 Å². The molecule has 0 radical (unpaired) electrons. The van der Waals surface area contributed by atoms with Crippen LogP contribution in [0.2, 0.25) is 5.02 Å². The Morgan fingerprint density at radius 2 is 1.71 bits per heavy atom. The number of hydrogen-bond donors (Lipinski definition) is 1. The number of benzene rings is 2. The summed E-state index contributed by atoms with van der Waals surface area (Å²) in [6.45, 7) is 10.7. The number of rotatable bonds is 9. The molecular weight excluding hydrogens is 486 g/mol. The summed E-state index contributed by atoms with van der Waals surface area (Å²) in [4.78, 5) is 28.4. The van der Waals surface area contributed by atoms with Crippen LogP contribution in [-0.4, -0.2) is 49.5 Å². The van der Waals surface area contributed by atoms with Crippen molar-refractivity contribution in [2.45, 2.75) is 66.1 Å². The zero-order valence-corrected chi connectivity index (χ0v) is 23.1. The Kier molecular flexibility index (Phi) is 9.36. The second-order valence-electron chi connectivity index (χ2n) is 9.84. The maximum Gasteiger partial charge on any atom is 0.244 e. The van der Waals surface area contributed by atoms with E-state index in [0.717, 1.165) is 21.7 Å². The van der Waals surface area contributed by atoms with E-state index >= 15 is 0 Å². The van der Waals surface area contributed by atoms with Gasteiger partial charge in [-0.1, -0.05) is 48.9 Å². The zero-order chi connectivity index (χ0) is 26.6. The molecule has 0 aliphatic heterocycles. The number of carbonyl (C=O) groups is 2. The van der Waals surface area contributed by atoms with Gasteiger partial charge < -0.3 is 10.2 Å². The largest absolute Gasteiger partial charge is 0.350 e. The van der Waals surface area contributed by atoms with Crippen molar-refractivity contribution in [2.75, 3.05) is 17.1 Å². The van der Waals surface area contributed by atoms with E-state index in [4.69, 9.17) is 11.6 Å². The molecule has 0 saturated carbocycles. The lowest BCUT2D eigenvalue weighted by Crippen LogP contribution is -2.55. The van der Waals surface area contributed by atoms with Crippen LogP contribution < -0.4 is 9.62 Å². The topological polar surface area (TPSA) is 86.8 Å². The van der Waals surface area contributed by atoms with Gasteiger partial charge in [-0.3, -0.25) is 13.9 Å². The number of anilines is 1. The molecule has 1 N–H and O–H groups in total. The number of carbonyl (C=O) groups excluding carboxylic acids is 2. The molecule has 1 atom stereocenters. The van der Waals surface area contributed by atoms with Gasteiger partial charge in [0.05, 0.1) is 11.9 Å². The Balaban J connectivity index is 2.52. The van der Waals surface area contributed by atoms with E-state index in [1.165, 1.54) is 4.90 Å². The number of nitrogens with one attached hydrogen (secondary N) is 1. The molecule has 2 aromatic rings. The van der Waals surface area contributed by atoms with Crippen LogP contribution in [0.15, 0.2) is 42.5 Å². The van der Waals surface area contributed by atoms with Crippen molar-refractivity contribution in [1.82, 2.24) is 10.2 Å². The first-order chi connectivity index (χ1) is 16.1. The lowest BCUT2D eigenvalue weighted by Gasteiger charge is -2.35. The summed E-state index contributed by atoms with van der Waals surface area (Å²) in [5.74, 6) is -0.801. The summed E-state index contributed by atoms with van der Waals surface area (Å²) in [5.41, 5.74) is 2.20. The Morgan fingerprint density at radius 1 is 1.09 bits per heavy atom. The van der Waals surface area contributed by atoms with Crippen molar-refractivity contribution in [3.8, 4) is 0 Å². The molecule has 0 fully saturated rings. The molecular formula is C26H36ClN3O4S. The van der Waals surface area contributed by atoms with E-state index < -0.39 is 34.1 Å². The van der Waals surface area contributed by atoms with Gasteiger partial charge in [0.2, 0.25) is 21.8 Å². The van der Waals surface area contributed by atoms with Crippen LogP contribution in [0.25, 0.3) is 0 Å². The van der Waals surface area contributed by atoms with E-state index in [1.807, 2.05) is 46.8 Å². The first-order valence-electron chi connectivity index (χ1n) is 11.5. The maximum absolute atomic E-state index is 13.8. The molecule has 2 aromatic carbocycles. The summed E-state index contributed by atoms with van der Waals surface area (Å²) < 4.78 is 26.7. The number of nitrogens with zero attached hydrogens (tertiary/aromatic N) is 2. The molecule has 7 nitrogen and oxygen atoms in total. The summed E-state index contributed by atoms with van der Waals surface area (Å²) in [6.07, 6.45) is 1.42. The molecule has 192 valence electrons. The monoisotopic (exact) mass is 521 g/mol. The number of halogens is 1. The van der Waals surface area contributed by atoms with Gasteiger partial charge in [0.15, 0.2) is 0 Å². The molecule has 0 spiro atoms. The minimum atomic E-state index is -3.79. The smallest absolute Gasteiger partial charge is 0.244 e. The van der Waals surface area contributed by atoms with Crippen molar-refractivity contribution in [2.24, 2.45) is 0 Å². The van der Waals surface area contributed by atoms with Gasteiger partial charge in [-0.05, 0) is 69.9 Å². The second kappa shape index (κ2) is 11.4. The van der Waals surface area contributed by atoms with Crippen LogP contribution in [0.3, 0.4) is 0 Å². The predicted molar refractivity (Wildman–Crippen MR) is 142 cm³/mol.